The van der Waals surface area contributed by atoms with E-state index in [9.17, 15) is 4.79 Å². The van der Waals surface area contributed by atoms with E-state index in [-0.39, 0.29) is 11.0 Å². The monoisotopic (exact) mass is 457 g/mol. The summed E-state index contributed by atoms with van der Waals surface area (Å²) in [6.07, 6.45) is 0. The smallest absolute Gasteiger partial charge is 0.267 e. The van der Waals surface area contributed by atoms with Crippen LogP contribution in [0.25, 0.3) is 16.7 Å². The van der Waals surface area contributed by atoms with Crippen LogP contribution in [-0.2, 0) is 0 Å². The highest BCUT2D eigenvalue weighted by atomic mass is 35.5. The van der Waals surface area contributed by atoms with Gasteiger partial charge in [-0.05, 0) is 66.5 Å². The third kappa shape index (κ3) is 4.13. The van der Waals surface area contributed by atoms with Crippen LogP contribution in [0.5, 0.6) is 5.75 Å². The Morgan fingerprint density at radius 3 is 2.63 bits per heavy atom. The molecule has 0 bridgehead atoms. The molecule has 30 heavy (non-hydrogen) atoms. The number of thiocarbonyl (C=S) groups is 1. The molecule has 0 atom stereocenters. The first-order valence-corrected chi connectivity index (χ1v) is 10.5. The second-order valence-corrected chi connectivity index (χ2v) is 8.11. The van der Waals surface area contributed by atoms with Gasteiger partial charge in [-0.1, -0.05) is 17.7 Å². The number of amides is 1. The van der Waals surface area contributed by atoms with Crippen LogP contribution >= 0.6 is 35.2 Å². The maximum Gasteiger partial charge on any atom is 0.267 e. The number of aryl methyl sites for hydroxylation is 1. The molecule has 4 aromatic rings. The minimum absolute atomic E-state index is 0.213. The van der Waals surface area contributed by atoms with Crippen LogP contribution in [-0.4, -0.2) is 33.1 Å². The van der Waals surface area contributed by atoms with Crippen LogP contribution in [0.1, 0.15) is 15.2 Å². The number of carbonyl (C=O) groups excluding carboxylic acids is 1. The molecule has 0 unspecified atom stereocenters. The summed E-state index contributed by atoms with van der Waals surface area (Å²) >= 11 is 12.8. The second-order valence-electron chi connectivity index (χ2n) is 6.35. The SMILES string of the molecule is COc1ccc(-n2nc3cc(C)c(NC(=S)NC(=O)c4cccs4)cc3n2)cc1Cl. The molecule has 2 aromatic heterocycles. The zero-order valence-electron chi connectivity index (χ0n) is 16.0. The van der Waals surface area contributed by atoms with Crippen molar-refractivity contribution in [1.82, 2.24) is 20.3 Å². The van der Waals surface area contributed by atoms with Crippen LogP contribution in [0.2, 0.25) is 5.02 Å². The lowest BCUT2D eigenvalue weighted by atomic mass is 10.2. The van der Waals surface area contributed by atoms with Crippen molar-refractivity contribution in [2.75, 3.05) is 12.4 Å². The number of ether oxygens (including phenoxy) is 1. The molecule has 1 amide bonds. The molecule has 0 radical (unpaired) electrons. The fourth-order valence-electron chi connectivity index (χ4n) is 2.82. The van der Waals surface area contributed by atoms with Crippen LogP contribution in [0.4, 0.5) is 5.69 Å². The lowest BCUT2D eigenvalue weighted by Crippen LogP contribution is -2.33. The highest BCUT2D eigenvalue weighted by Crippen LogP contribution is 2.27. The van der Waals surface area contributed by atoms with Crippen LogP contribution in [0.3, 0.4) is 0 Å². The molecule has 4 rings (SSSR count). The van der Waals surface area contributed by atoms with Crippen LogP contribution in [0, 0.1) is 6.92 Å². The van der Waals surface area contributed by atoms with Crippen molar-refractivity contribution >= 4 is 62.9 Å². The molecule has 2 heterocycles. The summed E-state index contributed by atoms with van der Waals surface area (Å²) in [4.78, 5) is 14.3. The Labute approximate surface area is 186 Å². The number of halogens is 1. The summed E-state index contributed by atoms with van der Waals surface area (Å²) in [5.74, 6) is 0.334. The van der Waals surface area contributed by atoms with Gasteiger partial charge in [0, 0.05) is 5.69 Å². The van der Waals surface area contributed by atoms with Gasteiger partial charge < -0.3 is 10.1 Å². The standard InChI is InChI=1S/C20H16ClN5O2S2/c1-11-8-15-16(25-26(24-15)12-5-6-17(28-2)13(21)9-12)10-14(11)22-20(29)23-19(27)18-4-3-7-30-18/h3-10H,1-2H3,(H2,22,23,27,29). The number of hydrogen-bond donors (Lipinski definition) is 2. The normalized spacial score (nSPS) is 10.8. The zero-order chi connectivity index (χ0) is 21.3. The quantitative estimate of drug-likeness (QED) is 0.436. The third-order valence-electron chi connectivity index (χ3n) is 4.31. The van der Waals surface area contributed by atoms with Gasteiger partial charge in [-0.25, -0.2) is 0 Å². The Balaban J connectivity index is 1.57. The molecule has 152 valence electrons. The van der Waals surface area contributed by atoms with Crippen molar-refractivity contribution < 1.29 is 9.53 Å². The summed E-state index contributed by atoms with van der Waals surface area (Å²) in [7, 11) is 1.56. The predicted molar refractivity (Wildman–Crippen MR) is 123 cm³/mol. The molecule has 0 aliphatic rings. The Morgan fingerprint density at radius 1 is 1.20 bits per heavy atom. The van der Waals surface area contributed by atoms with Gasteiger partial charge in [0.05, 0.1) is 22.7 Å². The van der Waals surface area contributed by atoms with E-state index in [0.29, 0.717) is 26.9 Å². The molecule has 10 heteroatoms. The highest BCUT2D eigenvalue weighted by molar-refractivity contribution is 7.80. The Hall–Kier alpha value is -3.01. The molecule has 0 saturated heterocycles. The van der Waals surface area contributed by atoms with Gasteiger partial charge in [0.15, 0.2) is 5.11 Å². The number of rotatable bonds is 4. The first kappa shape index (κ1) is 20.3. The number of nitrogens with one attached hydrogen (secondary N) is 2. The molecule has 0 aliphatic heterocycles. The maximum atomic E-state index is 12.2. The number of benzene rings is 2. The topological polar surface area (TPSA) is 81.1 Å². The maximum absolute atomic E-state index is 12.2. The summed E-state index contributed by atoms with van der Waals surface area (Å²) in [6, 6.07) is 12.6. The van der Waals surface area contributed by atoms with Gasteiger partial charge in [0.1, 0.15) is 16.8 Å². The summed E-state index contributed by atoms with van der Waals surface area (Å²) in [5, 5.41) is 17.3. The molecule has 0 fully saturated rings. The van der Waals surface area contributed by atoms with E-state index >= 15 is 0 Å². The van der Waals surface area contributed by atoms with E-state index < -0.39 is 0 Å². The zero-order valence-corrected chi connectivity index (χ0v) is 18.4. The Kier molecular flexibility index (Phi) is 5.67. The van der Waals surface area contributed by atoms with Gasteiger partial charge in [0.2, 0.25) is 0 Å². The van der Waals surface area contributed by atoms with Crippen molar-refractivity contribution in [2.24, 2.45) is 0 Å². The van der Waals surface area contributed by atoms with E-state index in [1.807, 2.05) is 36.6 Å². The summed E-state index contributed by atoms with van der Waals surface area (Å²) in [5.41, 5.74) is 3.75. The van der Waals surface area contributed by atoms with E-state index in [4.69, 9.17) is 28.6 Å². The Morgan fingerprint density at radius 2 is 1.97 bits per heavy atom. The molecule has 2 aromatic carbocycles. The fraction of sp³-hybridized carbons (Fsp3) is 0.100. The van der Waals surface area contributed by atoms with Gasteiger partial charge in [-0.3, -0.25) is 10.1 Å². The molecule has 0 spiro atoms. The average molecular weight is 458 g/mol. The first-order chi connectivity index (χ1) is 14.4. The van der Waals surface area contributed by atoms with Crippen molar-refractivity contribution in [3.63, 3.8) is 0 Å². The summed E-state index contributed by atoms with van der Waals surface area (Å²) < 4.78 is 5.18. The number of nitrogens with zero attached hydrogens (tertiary/aromatic N) is 3. The second kappa shape index (κ2) is 8.39. The minimum Gasteiger partial charge on any atom is -0.495 e. The van der Waals surface area contributed by atoms with Crippen molar-refractivity contribution in [3.05, 3.63) is 63.3 Å². The fourth-order valence-corrected chi connectivity index (χ4v) is 3.90. The van der Waals surface area contributed by atoms with Crippen molar-refractivity contribution in [1.29, 1.82) is 0 Å². The molecule has 0 aliphatic carbocycles. The highest BCUT2D eigenvalue weighted by Gasteiger charge is 2.13. The molecule has 2 N–H and O–H groups in total. The number of hydrogen-bond acceptors (Lipinski definition) is 6. The van der Waals surface area contributed by atoms with E-state index in [0.717, 1.165) is 16.8 Å². The summed E-state index contributed by atoms with van der Waals surface area (Å²) in [6.45, 7) is 1.93. The van der Waals surface area contributed by atoms with Gasteiger partial charge in [0.25, 0.3) is 5.91 Å². The van der Waals surface area contributed by atoms with Crippen molar-refractivity contribution in [3.8, 4) is 11.4 Å². The third-order valence-corrected chi connectivity index (χ3v) is 5.68. The van der Waals surface area contributed by atoms with E-state index in [1.54, 1.807) is 25.3 Å². The van der Waals surface area contributed by atoms with Crippen molar-refractivity contribution in [2.45, 2.75) is 6.92 Å². The van der Waals surface area contributed by atoms with Crippen LogP contribution < -0.4 is 15.4 Å². The van der Waals surface area contributed by atoms with Gasteiger partial charge in [-0.2, -0.15) is 4.80 Å². The van der Waals surface area contributed by atoms with Crippen LogP contribution in [0.15, 0.2) is 47.8 Å². The number of fused-ring (bicyclic) bond motifs is 1. The molecular formula is C20H16ClN5O2S2. The van der Waals surface area contributed by atoms with Gasteiger partial charge in [-0.15, -0.1) is 21.5 Å². The molecule has 0 saturated carbocycles. The van der Waals surface area contributed by atoms with E-state index in [1.165, 1.54) is 16.1 Å². The number of anilines is 1. The predicted octanol–water partition coefficient (Wildman–Crippen LogP) is 4.58. The molecular weight excluding hydrogens is 442 g/mol. The minimum atomic E-state index is -0.247. The Bertz CT molecular complexity index is 1250. The lowest BCUT2D eigenvalue weighted by Gasteiger charge is -2.11. The van der Waals surface area contributed by atoms with Gasteiger partial charge >= 0.3 is 0 Å². The van der Waals surface area contributed by atoms with E-state index in [2.05, 4.69) is 20.8 Å². The number of methoxy groups -OCH3 is 1. The molecule has 7 nitrogen and oxygen atoms in total. The average Bonchev–Trinajstić information content (AvgIpc) is 3.38. The largest absolute Gasteiger partial charge is 0.495 e. The lowest BCUT2D eigenvalue weighted by molar-refractivity contribution is 0.0981. The first-order valence-electron chi connectivity index (χ1n) is 8.82. The number of carbonyl (C=O) groups is 1. The number of aromatic nitrogens is 3. The number of thiophene rings is 1.